The Hall–Kier alpha value is -3.08. The topological polar surface area (TPSA) is 43.3 Å². The number of amides is 1. The average Bonchev–Trinajstić information content (AvgIpc) is 3.09. The zero-order chi connectivity index (χ0) is 21.7. The summed E-state index contributed by atoms with van der Waals surface area (Å²) in [6.45, 7) is 6.62. The smallest absolute Gasteiger partial charge is 0.253 e. The Kier molecular flexibility index (Phi) is 6.93. The molecule has 1 heterocycles. The van der Waals surface area contributed by atoms with E-state index >= 15 is 0 Å². The molecule has 158 valence electrons. The van der Waals surface area contributed by atoms with Crippen LogP contribution in [0.4, 0.5) is 4.39 Å². The number of hydrogen-bond donors (Lipinski definition) is 1. The SMILES string of the molecule is CCC(C)NC(=O)c1cc(-c2cc(F)ccc2OC)n(CCc2ccccc2)c1C. The van der Waals surface area contributed by atoms with Gasteiger partial charge in [-0.05, 0) is 56.5 Å². The van der Waals surface area contributed by atoms with Crippen LogP contribution in [-0.2, 0) is 13.0 Å². The zero-order valence-corrected chi connectivity index (χ0v) is 18.0. The Morgan fingerprint density at radius 3 is 2.57 bits per heavy atom. The molecule has 30 heavy (non-hydrogen) atoms. The van der Waals surface area contributed by atoms with Gasteiger partial charge in [-0.3, -0.25) is 4.79 Å². The Balaban J connectivity index is 2.06. The molecular weight excluding hydrogens is 379 g/mol. The molecule has 1 aromatic heterocycles. The van der Waals surface area contributed by atoms with Crippen molar-refractivity contribution in [1.82, 2.24) is 9.88 Å². The van der Waals surface area contributed by atoms with E-state index in [1.807, 2.05) is 45.0 Å². The maximum absolute atomic E-state index is 14.1. The fourth-order valence-electron chi connectivity index (χ4n) is 3.56. The van der Waals surface area contributed by atoms with Crippen molar-refractivity contribution in [1.29, 1.82) is 0 Å². The van der Waals surface area contributed by atoms with Gasteiger partial charge >= 0.3 is 0 Å². The molecule has 2 aromatic carbocycles. The van der Waals surface area contributed by atoms with E-state index in [0.29, 0.717) is 23.4 Å². The minimum Gasteiger partial charge on any atom is -0.496 e. The second-order valence-corrected chi connectivity index (χ2v) is 7.54. The third kappa shape index (κ3) is 4.73. The van der Waals surface area contributed by atoms with E-state index in [9.17, 15) is 9.18 Å². The third-order valence-electron chi connectivity index (χ3n) is 5.51. The second-order valence-electron chi connectivity index (χ2n) is 7.54. The van der Waals surface area contributed by atoms with Crippen molar-refractivity contribution in [2.24, 2.45) is 0 Å². The van der Waals surface area contributed by atoms with Gasteiger partial charge in [-0.2, -0.15) is 0 Å². The van der Waals surface area contributed by atoms with E-state index in [-0.39, 0.29) is 17.8 Å². The van der Waals surface area contributed by atoms with Gasteiger partial charge in [0.05, 0.1) is 18.4 Å². The number of ether oxygens (including phenoxy) is 1. The lowest BCUT2D eigenvalue weighted by Gasteiger charge is -2.15. The molecular formula is C25H29FN2O2. The van der Waals surface area contributed by atoms with E-state index in [2.05, 4.69) is 22.0 Å². The fourth-order valence-corrected chi connectivity index (χ4v) is 3.56. The van der Waals surface area contributed by atoms with Gasteiger partial charge in [0.2, 0.25) is 0 Å². The molecule has 0 spiro atoms. The zero-order valence-electron chi connectivity index (χ0n) is 18.0. The summed E-state index contributed by atoms with van der Waals surface area (Å²) in [6.07, 6.45) is 1.65. The summed E-state index contributed by atoms with van der Waals surface area (Å²) in [5.41, 5.74) is 4.07. The van der Waals surface area contributed by atoms with E-state index in [1.54, 1.807) is 13.2 Å². The van der Waals surface area contributed by atoms with Gasteiger partial charge in [-0.15, -0.1) is 0 Å². The fraction of sp³-hybridized carbons (Fsp3) is 0.320. The normalized spacial score (nSPS) is 11.9. The Morgan fingerprint density at radius 1 is 1.17 bits per heavy atom. The molecule has 1 N–H and O–H groups in total. The number of methoxy groups -OCH3 is 1. The predicted octanol–water partition coefficient (Wildman–Crippen LogP) is 5.38. The summed E-state index contributed by atoms with van der Waals surface area (Å²) < 4.78 is 21.7. The molecule has 0 aliphatic heterocycles. The number of benzene rings is 2. The highest BCUT2D eigenvalue weighted by molar-refractivity contribution is 5.97. The maximum atomic E-state index is 14.1. The van der Waals surface area contributed by atoms with Crippen LogP contribution in [0.5, 0.6) is 5.75 Å². The van der Waals surface area contributed by atoms with Crippen molar-refractivity contribution in [3.05, 3.63) is 77.2 Å². The number of aryl methyl sites for hydroxylation is 1. The number of rotatable bonds is 8. The first kappa shape index (κ1) is 21.6. The van der Waals surface area contributed by atoms with Crippen LogP contribution in [0.25, 0.3) is 11.3 Å². The molecule has 0 saturated carbocycles. The molecule has 0 radical (unpaired) electrons. The summed E-state index contributed by atoms with van der Waals surface area (Å²) in [5.74, 6) is 0.116. The van der Waals surface area contributed by atoms with Crippen LogP contribution in [0.3, 0.4) is 0 Å². The van der Waals surface area contributed by atoms with Crippen molar-refractivity contribution in [3.8, 4) is 17.0 Å². The van der Waals surface area contributed by atoms with Crippen LogP contribution in [0.1, 0.15) is 41.9 Å². The van der Waals surface area contributed by atoms with Gasteiger partial charge in [0.15, 0.2) is 0 Å². The van der Waals surface area contributed by atoms with Crippen LogP contribution in [0.2, 0.25) is 0 Å². The first-order valence-corrected chi connectivity index (χ1v) is 10.3. The van der Waals surface area contributed by atoms with Gasteiger partial charge in [-0.1, -0.05) is 37.3 Å². The lowest BCUT2D eigenvalue weighted by atomic mass is 10.1. The molecule has 0 fully saturated rings. The Morgan fingerprint density at radius 2 is 1.90 bits per heavy atom. The molecule has 1 amide bonds. The van der Waals surface area contributed by atoms with Crippen molar-refractivity contribution < 1.29 is 13.9 Å². The first-order valence-electron chi connectivity index (χ1n) is 10.3. The number of halogens is 1. The minimum atomic E-state index is -0.343. The average molecular weight is 409 g/mol. The van der Waals surface area contributed by atoms with Gasteiger partial charge in [-0.25, -0.2) is 4.39 Å². The molecule has 0 aliphatic rings. The van der Waals surface area contributed by atoms with Crippen molar-refractivity contribution >= 4 is 5.91 Å². The number of aromatic nitrogens is 1. The van der Waals surface area contributed by atoms with E-state index in [1.165, 1.54) is 17.7 Å². The summed E-state index contributed by atoms with van der Waals surface area (Å²) in [4.78, 5) is 12.9. The number of nitrogens with zero attached hydrogens (tertiary/aromatic N) is 1. The van der Waals surface area contributed by atoms with Gasteiger partial charge in [0.1, 0.15) is 11.6 Å². The number of carbonyl (C=O) groups excluding carboxylic acids is 1. The maximum Gasteiger partial charge on any atom is 0.253 e. The van der Waals surface area contributed by atoms with Gasteiger partial charge in [0.25, 0.3) is 5.91 Å². The second kappa shape index (κ2) is 9.61. The quantitative estimate of drug-likeness (QED) is 0.544. The van der Waals surface area contributed by atoms with E-state index < -0.39 is 0 Å². The molecule has 1 unspecified atom stereocenters. The highest BCUT2D eigenvalue weighted by Gasteiger charge is 2.21. The highest BCUT2D eigenvalue weighted by Crippen LogP contribution is 2.34. The van der Waals surface area contributed by atoms with Crippen LogP contribution in [0, 0.1) is 12.7 Å². The number of carbonyl (C=O) groups is 1. The number of nitrogens with one attached hydrogen (secondary N) is 1. The van der Waals surface area contributed by atoms with Crippen LogP contribution in [0.15, 0.2) is 54.6 Å². The molecule has 3 aromatic rings. The summed E-state index contributed by atoms with van der Waals surface area (Å²) in [7, 11) is 1.57. The van der Waals surface area contributed by atoms with Gasteiger partial charge in [0, 0.05) is 23.8 Å². The molecule has 5 heteroatoms. The largest absolute Gasteiger partial charge is 0.496 e. The first-order chi connectivity index (χ1) is 14.4. The van der Waals surface area contributed by atoms with Crippen molar-refractivity contribution in [2.45, 2.75) is 46.2 Å². The predicted molar refractivity (Wildman–Crippen MR) is 118 cm³/mol. The lowest BCUT2D eigenvalue weighted by molar-refractivity contribution is 0.0938. The molecule has 3 rings (SSSR count). The molecule has 0 saturated heterocycles. The van der Waals surface area contributed by atoms with Gasteiger partial charge < -0.3 is 14.6 Å². The molecule has 4 nitrogen and oxygen atoms in total. The standard InChI is InChI=1S/C25H29FN2O2/c1-5-17(2)27-25(29)21-16-23(22-15-20(26)11-12-24(22)30-4)28(18(21)3)14-13-19-9-7-6-8-10-19/h6-12,15-17H,5,13-14H2,1-4H3,(H,27,29). The Labute approximate surface area is 177 Å². The molecule has 0 aliphatic carbocycles. The van der Waals surface area contributed by atoms with Crippen LogP contribution in [-0.4, -0.2) is 23.6 Å². The monoisotopic (exact) mass is 408 g/mol. The van der Waals surface area contributed by atoms with E-state index in [0.717, 1.165) is 24.2 Å². The summed E-state index contributed by atoms with van der Waals surface area (Å²) >= 11 is 0. The lowest BCUT2D eigenvalue weighted by Crippen LogP contribution is -2.32. The van der Waals surface area contributed by atoms with Crippen LogP contribution < -0.4 is 10.1 Å². The van der Waals surface area contributed by atoms with Crippen LogP contribution >= 0.6 is 0 Å². The van der Waals surface area contributed by atoms with Crippen molar-refractivity contribution in [2.75, 3.05) is 7.11 Å². The van der Waals surface area contributed by atoms with Crippen molar-refractivity contribution in [3.63, 3.8) is 0 Å². The number of hydrogen-bond acceptors (Lipinski definition) is 2. The minimum absolute atomic E-state index is 0.0803. The molecule has 1 atom stereocenters. The highest BCUT2D eigenvalue weighted by atomic mass is 19.1. The summed E-state index contributed by atoms with van der Waals surface area (Å²) in [5, 5.41) is 3.03. The molecule has 0 bridgehead atoms. The summed E-state index contributed by atoms with van der Waals surface area (Å²) in [6, 6.07) is 16.6. The Bertz CT molecular complexity index is 1010. The van der Waals surface area contributed by atoms with E-state index in [4.69, 9.17) is 4.74 Å². The third-order valence-corrected chi connectivity index (χ3v) is 5.51.